The van der Waals surface area contributed by atoms with Crippen LogP contribution in [0.4, 0.5) is 5.69 Å². The molecule has 0 spiro atoms. The Morgan fingerprint density at radius 1 is 1.22 bits per heavy atom. The number of aryl methyl sites for hydroxylation is 1. The maximum absolute atomic E-state index is 12.6. The van der Waals surface area contributed by atoms with Gasteiger partial charge in [-0.1, -0.05) is 0 Å². The van der Waals surface area contributed by atoms with Crippen LogP contribution in [0.5, 0.6) is 5.75 Å². The Balaban J connectivity index is 1.51. The summed E-state index contributed by atoms with van der Waals surface area (Å²) in [7, 11) is 1.54. The zero-order valence-electron chi connectivity index (χ0n) is 17.7. The van der Waals surface area contributed by atoms with Crippen molar-refractivity contribution in [1.29, 1.82) is 0 Å². The molecule has 3 heterocycles. The minimum atomic E-state index is -0.749. The van der Waals surface area contributed by atoms with Crippen LogP contribution in [-0.2, 0) is 7.05 Å². The van der Waals surface area contributed by atoms with E-state index in [4.69, 9.17) is 9.15 Å². The quantitative estimate of drug-likeness (QED) is 0.472. The molecule has 0 aliphatic rings. The standard InChI is InChI=1S/C22H21N5O5/c1-22(2,12-28)32-14-5-6-15(23-11-14)20(30)24-13-4-8-18-17(10-13)25-21(31-18)16-7-9-19(29)27(3)26-16/h4-11,28H,12H2,1-3H3,(H,24,30). The van der Waals surface area contributed by atoms with Gasteiger partial charge in [-0.3, -0.25) is 9.59 Å². The van der Waals surface area contributed by atoms with Crippen molar-refractivity contribution in [1.82, 2.24) is 19.7 Å². The first-order chi connectivity index (χ1) is 15.2. The molecule has 1 amide bonds. The molecule has 0 aliphatic carbocycles. The molecular formula is C22H21N5O5. The first-order valence-electron chi connectivity index (χ1n) is 9.77. The van der Waals surface area contributed by atoms with E-state index < -0.39 is 11.5 Å². The van der Waals surface area contributed by atoms with Crippen LogP contribution in [0.25, 0.3) is 22.7 Å². The van der Waals surface area contributed by atoms with Crippen molar-refractivity contribution in [2.75, 3.05) is 11.9 Å². The number of aromatic nitrogens is 4. The number of hydrogen-bond donors (Lipinski definition) is 2. The Kier molecular flexibility index (Phi) is 5.45. The maximum atomic E-state index is 12.6. The van der Waals surface area contributed by atoms with Gasteiger partial charge in [0, 0.05) is 18.8 Å². The van der Waals surface area contributed by atoms with Crippen LogP contribution in [-0.4, -0.2) is 43.0 Å². The number of amides is 1. The van der Waals surface area contributed by atoms with Gasteiger partial charge in [-0.05, 0) is 50.2 Å². The summed E-state index contributed by atoms with van der Waals surface area (Å²) in [5.74, 6) is 0.312. The molecule has 164 valence electrons. The SMILES string of the molecule is Cn1nc(-c2nc3cc(NC(=O)c4ccc(OC(C)(C)CO)cn4)ccc3o2)ccc1=O. The lowest BCUT2D eigenvalue weighted by Crippen LogP contribution is -2.32. The van der Waals surface area contributed by atoms with Crippen molar-refractivity contribution in [3.05, 3.63) is 64.7 Å². The molecule has 32 heavy (non-hydrogen) atoms. The second-order valence-corrected chi connectivity index (χ2v) is 7.74. The zero-order chi connectivity index (χ0) is 22.9. The molecule has 4 rings (SSSR count). The van der Waals surface area contributed by atoms with Crippen LogP contribution in [0.15, 0.2) is 57.9 Å². The number of carbonyl (C=O) groups excluding carboxylic acids is 1. The number of nitrogens with zero attached hydrogens (tertiary/aromatic N) is 4. The fourth-order valence-electron chi connectivity index (χ4n) is 2.85. The van der Waals surface area contributed by atoms with E-state index in [1.165, 1.54) is 29.1 Å². The molecule has 2 N–H and O–H groups in total. The predicted octanol–water partition coefficient (Wildman–Crippen LogP) is 2.39. The van der Waals surface area contributed by atoms with E-state index in [0.717, 1.165) is 0 Å². The maximum Gasteiger partial charge on any atom is 0.274 e. The smallest absolute Gasteiger partial charge is 0.274 e. The number of pyridine rings is 1. The van der Waals surface area contributed by atoms with E-state index in [1.54, 1.807) is 45.2 Å². The Bertz CT molecular complexity index is 1340. The van der Waals surface area contributed by atoms with E-state index in [-0.39, 0.29) is 23.8 Å². The molecule has 0 aliphatic heterocycles. The van der Waals surface area contributed by atoms with Gasteiger partial charge in [0.1, 0.15) is 28.3 Å². The highest BCUT2D eigenvalue weighted by Gasteiger charge is 2.19. The highest BCUT2D eigenvalue weighted by atomic mass is 16.5. The van der Waals surface area contributed by atoms with Gasteiger partial charge in [0.25, 0.3) is 11.5 Å². The van der Waals surface area contributed by atoms with Gasteiger partial charge in [-0.2, -0.15) is 5.10 Å². The molecule has 3 aromatic heterocycles. The molecule has 0 bridgehead atoms. The van der Waals surface area contributed by atoms with Gasteiger partial charge in [0.05, 0.1) is 12.8 Å². The van der Waals surface area contributed by atoms with Gasteiger partial charge < -0.3 is 19.6 Å². The van der Waals surface area contributed by atoms with Crippen LogP contribution in [0.3, 0.4) is 0 Å². The van der Waals surface area contributed by atoms with Crippen molar-refractivity contribution in [3.63, 3.8) is 0 Å². The molecule has 10 nitrogen and oxygen atoms in total. The number of hydrogen-bond acceptors (Lipinski definition) is 8. The molecule has 1 aromatic carbocycles. The minimum absolute atomic E-state index is 0.153. The summed E-state index contributed by atoms with van der Waals surface area (Å²) < 4.78 is 12.5. The summed E-state index contributed by atoms with van der Waals surface area (Å²) in [6, 6.07) is 11.1. The van der Waals surface area contributed by atoms with Crippen LogP contribution in [0.2, 0.25) is 0 Å². The predicted molar refractivity (Wildman–Crippen MR) is 116 cm³/mol. The molecule has 10 heteroatoms. The highest BCUT2D eigenvalue weighted by molar-refractivity contribution is 6.03. The second-order valence-electron chi connectivity index (χ2n) is 7.74. The molecule has 0 radical (unpaired) electrons. The minimum Gasteiger partial charge on any atom is -0.484 e. The lowest BCUT2D eigenvalue weighted by atomic mass is 10.1. The third-order valence-electron chi connectivity index (χ3n) is 4.57. The van der Waals surface area contributed by atoms with Crippen molar-refractivity contribution in [3.8, 4) is 17.3 Å². The number of anilines is 1. The number of fused-ring (bicyclic) bond motifs is 1. The summed E-state index contributed by atoms with van der Waals surface area (Å²) >= 11 is 0. The van der Waals surface area contributed by atoms with Crippen molar-refractivity contribution < 1.29 is 19.1 Å². The number of aliphatic hydroxyl groups is 1. The largest absolute Gasteiger partial charge is 0.484 e. The van der Waals surface area contributed by atoms with Crippen molar-refractivity contribution >= 4 is 22.7 Å². The summed E-state index contributed by atoms with van der Waals surface area (Å²) in [6.45, 7) is 3.34. The average molecular weight is 435 g/mol. The number of benzene rings is 1. The van der Waals surface area contributed by atoms with E-state index >= 15 is 0 Å². The average Bonchev–Trinajstić information content (AvgIpc) is 3.19. The number of nitrogens with one attached hydrogen (secondary N) is 1. The van der Waals surface area contributed by atoms with E-state index in [2.05, 4.69) is 20.4 Å². The van der Waals surface area contributed by atoms with Gasteiger partial charge in [-0.15, -0.1) is 0 Å². The van der Waals surface area contributed by atoms with E-state index in [1.807, 2.05) is 0 Å². The van der Waals surface area contributed by atoms with Crippen LogP contribution < -0.4 is 15.6 Å². The Hall–Kier alpha value is -4.05. The van der Waals surface area contributed by atoms with Gasteiger partial charge >= 0.3 is 0 Å². The molecule has 0 saturated heterocycles. The topological polar surface area (TPSA) is 132 Å². The number of oxazole rings is 1. The third-order valence-corrected chi connectivity index (χ3v) is 4.57. The summed E-state index contributed by atoms with van der Waals surface area (Å²) in [5, 5.41) is 16.2. The molecule has 0 unspecified atom stereocenters. The van der Waals surface area contributed by atoms with Crippen LogP contribution in [0.1, 0.15) is 24.3 Å². The third kappa shape index (κ3) is 4.49. The van der Waals surface area contributed by atoms with Gasteiger partial charge in [-0.25, -0.2) is 14.6 Å². The normalized spacial score (nSPS) is 11.5. The van der Waals surface area contributed by atoms with Crippen LogP contribution >= 0.6 is 0 Å². The number of rotatable bonds is 6. The first kappa shape index (κ1) is 21.2. The number of carbonyl (C=O) groups is 1. The first-order valence-corrected chi connectivity index (χ1v) is 9.77. The molecular weight excluding hydrogens is 414 g/mol. The second kappa shape index (κ2) is 8.23. The lowest BCUT2D eigenvalue weighted by Gasteiger charge is -2.23. The van der Waals surface area contributed by atoms with Crippen LogP contribution in [0, 0.1) is 0 Å². The lowest BCUT2D eigenvalue weighted by molar-refractivity contribution is 0.0409. The number of ether oxygens (including phenoxy) is 1. The molecule has 0 saturated carbocycles. The number of aliphatic hydroxyl groups excluding tert-OH is 1. The summed E-state index contributed by atoms with van der Waals surface area (Å²) in [5.41, 5.74) is 1.19. The monoisotopic (exact) mass is 435 g/mol. The summed E-state index contributed by atoms with van der Waals surface area (Å²) in [6.07, 6.45) is 1.43. The fraction of sp³-hybridized carbons (Fsp3) is 0.227. The van der Waals surface area contributed by atoms with Gasteiger partial charge in [0.2, 0.25) is 5.89 Å². The Morgan fingerprint density at radius 3 is 2.72 bits per heavy atom. The molecule has 4 aromatic rings. The van der Waals surface area contributed by atoms with Crippen molar-refractivity contribution in [2.45, 2.75) is 19.4 Å². The van der Waals surface area contributed by atoms with Crippen molar-refractivity contribution in [2.24, 2.45) is 7.05 Å². The molecule has 0 fully saturated rings. The Morgan fingerprint density at radius 2 is 2.03 bits per heavy atom. The zero-order valence-corrected chi connectivity index (χ0v) is 17.7. The van der Waals surface area contributed by atoms with E-state index in [9.17, 15) is 14.7 Å². The highest BCUT2D eigenvalue weighted by Crippen LogP contribution is 2.25. The Labute approximate surface area is 182 Å². The van der Waals surface area contributed by atoms with E-state index in [0.29, 0.717) is 28.2 Å². The van der Waals surface area contributed by atoms with Gasteiger partial charge in [0.15, 0.2) is 5.58 Å². The fourth-order valence-corrected chi connectivity index (χ4v) is 2.85. The summed E-state index contributed by atoms with van der Waals surface area (Å²) in [4.78, 5) is 32.6. The molecule has 0 atom stereocenters.